The molecule has 0 radical (unpaired) electrons. The molecule has 0 bridgehead atoms. The summed E-state index contributed by atoms with van der Waals surface area (Å²) in [5.74, 6) is -0.757. The number of oxime groups is 1. The average molecular weight is 231 g/mol. The fraction of sp³-hybridized carbons (Fsp3) is 0.800. The van der Waals surface area contributed by atoms with Gasteiger partial charge in [-0.2, -0.15) is 0 Å². The van der Waals surface area contributed by atoms with Gasteiger partial charge in [-0.1, -0.05) is 5.16 Å². The molecular weight excluding hydrogens is 214 g/mol. The van der Waals surface area contributed by atoms with E-state index in [2.05, 4.69) is 9.89 Å². The maximum absolute atomic E-state index is 11.4. The van der Waals surface area contributed by atoms with Crippen LogP contribution in [0.25, 0.3) is 0 Å². The number of rotatable bonds is 4. The zero-order valence-electron chi connectivity index (χ0n) is 9.73. The number of hydrogen-bond acceptors (Lipinski definition) is 6. The van der Waals surface area contributed by atoms with Crippen LogP contribution in [0.3, 0.4) is 0 Å². The Labute approximate surface area is 94.2 Å². The van der Waals surface area contributed by atoms with Crippen LogP contribution < -0.4 is 0 Å². The van der Waals surface area contributed by atoms with Gasteiger partial charge in [-0.15, -0.1) is 0 Å². The number of hydrogen-bond donors (Lipinski definition) is 1. The molecule has 2 unspecified atom stereocenters. The van der Waals surface area contributed by atoms with Crippen LogP contribution in [0, 0.1) is 0 Å². The quantitative estimate of drug-likeness (QED) is 0.694. The molecule has 6 nitrogen and oxygen atoms in total. The van der Waals surface area contributed by atoms with Crippen LogP contribution in [0.5, 0.6) is 0 Å². The lowest BCUT2D eigenvalue weighted by molar-refractivity contribution is -0.169. The maximum atomic E-state index is 11.4. The number of ether oxygens (including phenoxy) is 2. The van der Waals surface area contributed by atoms with Gasteiger partial charge < -0.3 is 19.4 Å². The molecule has 0 fully saturated rings. The van der Waals surface area contributed by atoms with E-state index in [4.69, 9.17) is 9.57 Å². The molecule has 0 aliphatic carbocycles. The third kappa shape index (κ3) is 2.51. The van der Waals surface area contributed by atoms with Crippen LogP contribution in [0.1, 0.15) is 19.8 Å². The summed E-state index contributed by atoms with van der Waals surface area (Å²) in [7, 11) is 2.61. The number of methoxy groups -OCH3 is 2. The molecule has 1 N–H and O–H groups in total. The molecule has 0 saturated carbocycles. The van der Waals surface area contributed by atoms with Gasteiger partial charge >= 0.3 is 5.97 Å². The number of carbonyl (C=O) groups excluding carboxylic acids is 1. The van der Waals surface area contributed by atoms with Crippen molar-refractivity contribution in [2.75, 3.05) is 20.8 Å². The number of nitrogens with zero attached hydrogens (tertiary/aromatic N) is 1. The van der Waals surface area contributed by atoms with Gasteiger partial charge in [0.25, 0.3) is 0 Å². The van der Waals surface area contributed by atoms with E-state index in [-0.39, 0.29) is 0 Å². The van der Waals surface area contributed by atoms with Gasteiger partial charge in [-0.05, 0) is 19.8 Å². The minimum Gasteiger partial charge on any atom is -0.467 e. The Morgan fingerprint density at radius 2 is 2.31 bits per heavy atom. The first-order valence-electron chi connectivity index (χ1n) is 5.06. The van der Waals surface area contributed by atoms with Crippen LogP contribution in [-0.4, -0.2) is 49.3 Å². The SMILES string of the molecule is COC(=O)C(C)(O)C(OC)C1=NOCCC1. The predicted molar refractivity (Wildman–Crippen MR) is 56.1 cm³/mol. The molecule has 0 aromatic rings. The molecule has 1 aliphatic rings. The fourth-order valence-corrected chi connectivity index (χ4v) is 1.67. The highest BCUT2D eigenvalue weighted by Crippen LogP contribution is 2.20. The van der Waals surface area contributed by atoms with Crippen LogP contribution in [0.15, 0.2) is 5.16 Å². The van der Waals surface area contributed by atoms with Crippen molar-refractivity contribution < 1.29 is 24.2 Å². The van der Waals surface area contributed by atoms with Crippen molar-refractivity contribution in [1.29, 1.82) is 0 Å². The Bertz CT molecular complexity index is 287. The lowest BCUT2D eigenvalue weighted by Crippen LogP contribution is -2.52. The summed E-state index contributed by atoms with van der Waals surface area (Å²) in [6.45, 7) is 1.88. The predicted octanol–water partition coefficient (Wildman–Crippen LogP) is 0.0918. The van der Waals surface area contributed by atoms with E-state index in [0.29, 0.717) is 18.7 Å². The molecule has 1 rings (SSSR count). The van der Waals surface area contributed by atoms with Crippen LogP contribution in [0.4, 0.5) is 0 Å². The molecule has 0 aromatic heterocycles. The molecule has 16 heavy (non-hydrogen) atoms. The van der Waals surface area contributed by atoms with E-state index in [9.17, 15) is 9.90 Å². The van der Waals surface area contributed by atoms with E-state index >= 15 is 0 Å². The molecule has 92 valence electrons. The second kappa shape index (κ2) is 5.27. The molecular formula is C10H17NO5. The largest absolute Gasteiger partial charge is 0.467 e. The first kappa shape index (κ1) is 12.9. The molecule has 0 amide bonds. The Kier molecular flexibility index (Phi) is 4.26. The maximum Gasteiger partial charge on any atom is 0.340 e. The topological polar surface area (TPSA) is 77.4 Å². The van der Waals surface area contributed by atoms with Crippen LogP contribution in [0.2, 0.25) is 0 Å². The Morgan fingerprint density at radius 3 is 2.75 bits per heavy atom. The molecule has 0 saturated heterocycles. The molecule has 6 heteroatoms. The Morgan fingerprint density at radius 1 is 1.62 bits per heavy atom. The van der Waals surface area contributed by atoms with E-state index in [1.165, 1.54) is 21.1 Å². The molecule has 0 aromatic carbocycles. The second-order valence-electron chi connectivity index (χ2n) is 3.77. The lowest BCUT2D eigenvalue weighted by Gasteiger charge is -2.30. The van der Waals surface area contributed by atoms with Gasteiger partial charge in [0.1, 0.15) is 12.7 Å². The van der Waals surface area contributed by atoms with Crippen molar-refractivity contribution in [2.45, 2.75) is 31.5 Å². The minimum absolute atomic E-state index is 0.518. The van der Waals surface area contributed by atoms with E-state index < -0.39 is 17.7 Å². The summed E-state index contributed by atoms with van der Waals surface area (Å²) >= 11 is 0. The average Bonchev–Trinajstić information content (AvgIpc) is 2.30. The van der Waals surface area contributed by atoms with E-state index in [1.807, 2.05) is 0 Å². The lowest BCUT2D eigenvalue weighted by atomic mass is 9.92. The third-order valence-corrected chi connectivity index (χ3v) is 2.50. The summed E-state index contributed by atoms with van der Waals surface area (Å²) in [4.78, 5) is 16.3. The summed E-state index contributed by atoms with van der Waals surface area (Å²) < 4.78 is 9.64. The number of carbonyl (C=O) groups is 1. The van der Waals surface area contributed by atoms with Crippen LogP contribution >= 0.6 is 0 Å². The molecule has 0 spiro atoms. The summed E-state index contributed by atoms with van der Waals surface area (Å²) in [6.07, 6.45) is 0.571. The summed E-state index contributed by atoms with van der Waals surface area (Å²) in [6, 6.07) is 0. The highest BCUT2D eigenvalue weighted by atomic mass is 16.6. The fourth-order valence-electron chi connectivity index (χ4n) is 1.67. The zero-order chi connectivity index (χ0) is 12.2. The van der Waals surface area contributed by atoms with Gasteiger partial charge in [0, 0.05) is 7.11 Å². The third-order valence-electron chi connectivity index (χ3n) is 2.50. The highest BCUT2D eigenvalue weighted by Gasteiger charge is 2.44. The van der Waals surface area contributed by atoms with Crippen molar-refractivity contribution in [3.05, 3.63) is 0 Å². The van der Waals surface area contributed by atoms with Gasteiger partial charge in [-0.3, -0.25) is 0 Å². The van der Waals surface area contributed by atoms with Crippen molar-refractivity contribution >= 4 is 11.7 Å². The molecule has 2 atom stereocenters. The smallest absolute Gasteiger partial charge is 0.340 e. The van der Waals surface area contributed by atoms with Gasteiger partial charge in [-0.25, -0.2) is 4.79 Å². The van der Waals surface area contributed by atoms with Crippen molar-refractivity contribution in [3.8, 4) is 0 Å². The number of aliphatic hydroxyl groups is 1. The van der Waals surface area contributed by atoms with Gasteiger partial charge in [0.05, 0.1) is 12.8 Å². The first-order valence-corrected chi connectivity index (χ1v) is 5.06. The van der Waals surface area contributed by atoms with Crippen molar-refractivity contribution in [2.24, 2.45) is 5.16 Å². The normalized spacial score (nSPS) is 21.4. The van der Waals surface area contributed by atoms with Crippen LogP contribution in [-0.2, 0) is 19.1 Å². The minimum atomic E-state index is -1.76. The Balaban J connectivity index is 2.87. The Hall–Kier alpha value is -1.14. The second-order valence-corrected chi connectivity index (χ2v) is 3.77. The summed E-state index contributed by atoms with van der Waals surface area (Å²) in [5.41, 5.74) is -1.24. The molecule has 1 aliphatic heterocycles. The van der Waals surface area contributed by atoms with Crippen molar-refractivity contribution in [1.82, 2.24) is 0 Å². The monoisotopic (exact) mass is 231 g/mol. The van der Waals surface area contributed by atoms with E-state index in [0.717, 1.165) is 6.42 Å². The van der Waals surface area contributed by atoms with E-state index in [1.54, 1.807) is 0 Å². The van der Waals surface area contributed by atoms with Gasteiger partial charge in [0.15, 0.2) is 5.60 Å². The van der Waals surface area contributed by atoms with Crippen molar-refractivity contribution in [3.63, 3.8) is 0 Å². The molecule has 1 heterocycles. The standard InChI is InChI=1S/C10H17NO5/c1-10(13,9(12)15-3)8(14-2)7-5-4-6-16-11-7/h8,13H,4-6H2,1-3H3. The number of esters is 1. The summed E-state index contributed by atoms with van der Waals surface area (Å²) in [5, 5.41) is 13.9. The van der Waals surface area contributed by atoms with Gasteiger partial charge in [0.2, 0.25) is 0 Å². The zero-order valence-corrected chi connectivity index (χ0v) is 9.73. The highest BCUT2D eigenvalue weighted by molar-refractivity contribution is 5.95. The first-order chi connectivity index (χ1) is 7.54.